The van der Waals surface area contributed by atoms with Gasteiger partial charge in [-0.25, -0.2) is 9.78 Å². The second-order valence-electron chi connectivity index (χ2n) is 8.05. The van der Waals surface area contributed by atoms with Gasteiger partial charge in [-0.05, 0) is 48.5 Å². The highest BCUT2D eigenvalue weighted by molar-refractivity contribution is 5.88. The lowest BCUT2D eigenvalue weighted by Gasteiger charge is -2.22. The van der Waals surface area contributed by atoms with Gasteiger partial charge in [0, 0.05) is 17.4 Å². The largest absolute Gasteiger partial charge is 0.493 e. The molecule has 7 heteroatoms. The highest BCUT2D eigenvalue weighted by Crippen LogP contribution is 2.36. The monoisotopic (exact) mass is 457 g/mol. The summed E-state index contributed by atoms with van der Waals surface area (Å²) < 4.78 is 17.7. The minimum absolute atomic E-state index is 0.121. The molecule has 4 aromatic rings. The summed E-state index contributed by atoms with van der Waals surface area (Å²) in [6, 6.07) is 23.4. The molecule has 1 aliphatic rings. The zero-order chi connectivity index (χ0) is 23.5. The number of fused-ring (bicyclic) bond motifs is 2. The molecule has 0 aliphatic carbocycles. The van der Waals surface area contributed by atoms with Gasteiger partial charge in [0.1, 0.15) is 36.1 Å². The van der Waals surface area contributed by atoms with Crippen molar-refractivity contribution in [2.75, 3.05) is 6.61 Å². The van der Waals surface area contributed by atoms with Gasteiger partial charge >= 0.3 is 5.97 Å². The van der Waals surface area contributed by atoms with Gasteiger partial charge in [-0.1, -0.05) is 30.3 Å². The van der Waals surface area contributed by atoms with Crippen LogP contribution in [0.15, 0.2) is 78.9 Å². The van der Waals surface area contributed by atoms with E-state index in [0.717, 1.165) is 16.6 Å². The lowest BCUT2D eigenvalue weighted by molar-refractivity contribution is 0.0310. The van der Waals surface area contributed by atoms with Crippen molar-refractivity contribution in [1.82, 2.24) is 4.98 Å². The molecule has 0 radical (unpaired) electrons. The Morgan fingerprint density at radius 2 is 1.88 bits per heavy atom. The number of carbonyl (C=O) groups is 1. The Bertz CT molecular complexity index is 1340. The third kappa shape index (κ3) is 4.65. The fourth-order valence-electron chi connectivity index (χ4n) is 3.97. The molecule has 7 nitrogen and oxygen atoms in total. The van der Waals surface area contributed by atoms with E-state index in [2.05, 4.69) is 4.98 Å². The van der Waals surface area contributed by atoms with E-state index in [-0.39, 0.29) is 12.2 Å². The second-order valence-corrected chi connectivity index (χ2v) is 8.05. The smallest absolute Gasteiger partial charge is 0.335 e. The maximum Gasteiger partial charge on any atom is 0.335 e. The third-order valence-corrected chi connectivity index (χ3v) is 5.72. The van der Waals surface area contributed by atoms with E-state index in [1.807, 2.05) is 36.4 Å². The third-order valence-electron chi connectivity index (χ3n) is 5.72. The van der Waals surface area contributed by atoms with Crippen LogP contribution >= 0.6 is 0 Å². The number of nitrogens with zero attached hydrogens (tertiary/aromatic N) is 1. The average molecular weight is 457 g/mol. The van der Waals surface area contributed by atoms with E-state index in [9.17, 15) is 15.0 Å². The molecule has 3 aromatic carbocycles. The van der Waals surface area contributed by atoms with Gasteiger partial charge in [-0.2, -0.15) is 0 Å². The number of pyridine rings is 1. The van der Waals surface area contributed by atoms with Crippen molar-refractivity contribution >= 4 is 16.9 Å². The summed E-state index contributed by atoms with van der Waals surface area (Å²) in [7, 11) is 0. The summed E-state index contributed by atoms with van der Waals surface area (Å²) in [5.74, 6) is 0.476. The predicted octanol–water partition coefficient (Wildman–Crippen LogP) is 4.78. The van der Waals surface area contributed by atoms with Crippen LogP contribution in [0.3, 0.4) is 0 Å². The standard InChI is InChI=1S/C27H23NO6/c29-26-22-15-20(33-16-19-9-8-17-4-1-2-7-23(17)28-19)10-11-24(22)32-13-12-25(26)34-21-6-3-5-18(14-21)27(30)31/h1-11,14-15,25-26,29H,12-13,16H2,(H,30,31)/t25-,26+/m1/s1. The van der Waals surface area contributed by atoms with Crippen LogP contribution in [0.2, 0.25) is 0 Å². The minimum atomic E-state index is -1.04. The van der Waals surface area contributed by atoms with Crippen LogP contribution in [0, 0.1) is 0 Å². The number of aliphatic hydroxyl groups is 1. The van der Waals surface area contributed by atoms with Gasteiger partial charge in [0.25, 0.3) is 0 Å². The maximum absolute atomic E-state index is 11.3. The zero-order valence-electron chi connectivity index (χ0n) is 18.3. The first kappa shape index (κ1) is 21.7. The van der Waals surface area contributed by atoms with Crippen LogP contribution < -0.4 is 14.2 Å². The lowest BCUT2D eigenvalue weighted by Crippen LogP contribution is -2.25. The summed E-state index contributed by atoms with van der Waals surface area (Å²) in [6.07, 6.45) is -1.15. The van der Waals surface area contributed by atoms with E-state index < -0.39 is 18.2 Å². The Morgan fingerprint density at radius 3 is 2.76 bits per heavy atom. The molecule has 0 bridgehead atoms. The van der Waals surface area contributed by atoms with E-state index in [0.29, 0.717) is 35.8 Å². The number of para-hydroxylation sites is 1. The number of aromatic carboxylic acids is 1. The Labute approximate surface area is 196 Å². The molecule has 2 atom stereocenters. The fourth-order valence-corrected chi connectivity index (χ4v) is 3.97. The number of hydrogen-bond acceptors (Lipinski definition) is 6. The molecule has 0 spiro atoms. The minimum Gasteiger partial charge on any atom is -0.493 e. The maximum atomic E-state index is 11.3. The molecule has 34 heavy (non-hydrogen) atoms. The molecule has 2 heterocycles. The van der Waals surface area contributed by atoms with Gasteiger partial charge in [-0.15, -0.1) is 0 Å². The average Bonchev–Trinajstić information content (AvgIpc) is 3.01. The molecule has 0 fully saturated rings. The van der Waals surface area contributed by atoms with Crippen LogP contribution in [0.1, 0.15) is 34.1 Å². The molecule has 5 rings (SSSR count). The number of hydrogen-bond donors (Lipinski definition) is 2. The van der Waals surface area contributed by atoms with Crippen LogP contribution in [-0.2, 0) is 6.61 Å². The van der Waals surface area contributed by atoms with Crippen LogP contribution in [0.25, 0.3) is 10.9 Å². The predicted molar refractivity (Wildman–Crippen MR) is 125 cm³/mol. The van der Waals surface area contributed by atoms with E-state index >= 15 is 0 Å². The van der Waals surface area contributed by atoms with Gasteiger partial charge in [0.05, 0.1) is 23.4 Å². The van der Waals surface area contributed by atoms with E-state index in [1.54, 1.807) is 30.3 Å². The highest BCUT2D eigenvalue weighted by atomic mass is 16.5. The first-order valence-corrected chi connectivity index (χ1v) is 11.0. The number of benzene rings is 3. The molecule has 0 saturated heterocycles. The van der Waals surface area contributed by atoms with E-state index in [4.69, 9.17) is 14.2 Å². The summed E-state index contributed by atoms with van der Waals surface area (Å²) in [4.78, 5) is 15.9. The number of carboxylic acids is 1. The number of ether oxygens (including phenoxy) is 3. The molecule has 1 aromatic heterocycles. The summed E-state index contributed by atoms with van der Waals surface area (Å²) >= 11 is 0. The van der Waals surface area contributed by atoms with Crippen LogP contribution in [0.5, 0.6) is 17.2 Å². The Hall–Kier alpha value is -4.10. The summed E-state index contributed by atoms with van der Waals surface area (Å²) in [5.41, 5.74) is 2.38. The van der Waals surface area contributed by atoms with Crippen molar-refractivity contribution in [2.24, 2.45) is 0 Å². The SMILES string of the molecule is O=C(O)c1cccc(O[C@@H]2CCOc3ccc(OCc4ccc5ccccc5n4)cc3[C@@H]2O)c1. The molecule has 2 N–H and O–H groups in total. The molecule has 0 amide bonds. The van der Waals surface area contributed by atoms with Gasteiger partial charge in [0.15, 0.2) is 0 Å². The molecular formula is C27H23NO6. The van der Waals surface area contributed by atoms with Crippen molar-refractivity contribution < 1.29 is 29.2 Å². The fraction of sp³-hybridized carbons (Fsp3) is 0.185. The van der Waals surface area contributed by atoms with Crippen molar-refractivity contribution in [1.29, 1.82) is 0 Å². The summed E-state index contributed by atoms with van der Waals surface area (Å²) in [5, 5.41) is 21.4. The van der Waals surface area contributed by atoms with Crippen LogP contribution in [-0.4, -0.2) is 33.9 Å². The number of aromatic nitrogens is 1. The Morgan fingerprint density at radius 1 is 1.00 bits per heavy atom. The van der Waals surface area contributed by atoms with Gasteiger partial charge < -0.3 is 24.4 Å². The lowest BCUT2D eigenvalue weighted by atomic mass is 10.0. The van der Waals surface area contributed by atoms with Gasteiger partial charge in [0.2, 0.25) is 0 Å². The molecule has 172 valence electrons. The quantitative estimate of drug-likeness (QED) is 0.430. The number of aliphatic hydroxyl groups excluding tert-OH is 1. The van der Waals surface area contributed by atoms with Gasteiger partial charge in [-0.3, -0.25) is 0 Å². The number of carboxylic acid groups (broad SMARTS) is 1. The van der Waals surface area contributed by atoms with Crippen LogP contribution in [0.4, 0.5) is 0 Å². The molecule has 0 unspecified atom stereocenters. The van der Waals surface area contributed by atoms with Crippen molar-refractivity contribution in [3.63, 3.8) is 0 Å². The zero-order valence-corrected chi connectivity index (χ0v) is 18.3. The van der Waals surface area contributed by atoms with Crippen molar-refractivity contribution in [2.45, 2.75) is 25.2 Å². The van der Waals surface area contributed by atoms with Crippen molar-refractivity contribution in [3.8, 4) is 17.2 Å². The molecule has 1 aliphatic heterocycles. The second kappa shape index (κ2) is 9.41. The normalized spacial score (nSPS) is 17.3. The number of rotatable bonds is 6. The highest BCUT2D eigenvalue weighted by Gasteiger charge is 2.29. The molecule has 0 saturated carbocycles. The van der Waals surface area contributed by atoms with Crippen molar-refractivity contribution in [3.05, 3.63) is 95.7 Å². The van der Waals surface area contributed by atoms with E-state index in [1.165, 1.54) is 12.1 Å². The Balaban J connectivity index is 1.32. The topological polar surface area (TPSA) is 98.1 Å². The first-order valence-electron chi connectivity index (χ1n) is 11.0. The Kier molecular flexibility index (Phi) is 6.01. The molecular weight excluding hydrogens is 434 g/mol. The summed E-state index contributed by atoms with van der Waals surface area (Å²) in [6.45, 7) is 0.636. The first-order chi connectivity index (χ1) is 16.6.